The minimum atomic E-state index is 0.656. The zero-order valence-corrected chi connectivity index (χ0v) is 11.2. The molecule has 0 radical (unpaired) electrons. The normalized spacial score (nSPS) is 10.3. The molecule has 1 nitrogen and oxygen atoms in total. The van der Waals surface area contributed by atoms with Crippen molar-refractivity contribution in [2.45, 2.75) is 6.54 Å². The SMILES string of the molecule is Clc1ccc(CNc2cc(Cl)ccc2Cl)cc1. The van der Waals surface area contributed by atoms with Crippen LogP contribution in [0, 0.1) is 0 Å². The summed E-state index contributed by atoms with van der Waals surface area (Å²) in [6.45, 7) is 0.678. The molecule has 2 aromatic carbocycles. The molecule has 17 heavy (non-hydrogen) atoms. The van der Waals surface area contributed by atoms with E-state index >= 15 is 0 Å². The highest BCUT2D eigenvalue weighted by Crippen LogP contribution is 2.25. The van der Waals surface area contributed by atoms with Gasteiger partial charge < -0.3 is 5.32 Å². The molecule has 2 rings (SSSR count). The van der Waals surface area contributed by atoms with Crippen molar-refractivity contribution in [3.63, 3.8) is 0 Å². The molecule has 0 fully saturated rings. The average Bonchev–Trinajstić information content (AvgIpc) is 2.32. The number of nitrogens with one attached hydrogen (secondary N) is 1. The summed E-state index contributed by atoms with van der Waals surface area (Å²) < 4.78 is 0. The maximum Gasteiger partial charge on any atom is 0.0638 e. The van der Waals surface area contributed by atoms with Crippen LogP contribution in [-0.2, 0) is 6.54 Å². The first-order valence-corrected chi connectivity index (χ1v) is 6.22. The first-order valence-electron chi connectivity index (χ1n) is 5.08. The molecule has 0 saturated heterocycles. The van der Waals surface area contributed by atoms with Gasteiger partial charge in [-0.1, -0.05) is 46.9 Å². The Kier molecular flexibility index (Phi) is 4.16. The summed E-state index contributed by atoms with van der Waals surface area (Å²) in [5.74, 6) is 0. The van der Waals surface area contributed by atoms with E-state index < -0.39 is 0 Å². The molecular weight excluding hydrogens is 277 g/mol. The van der Waals surface area contributed by atoms with E-state index in [2.05, 4.69) is 5.32 Å². The summed E-state index contributed by atoms with van der Waals surface area (Å²) >= 11 is 17.8. The van der Waals surface area contributed by atoms with Gasteiger partial charge in [-0.25, -0.2) is 0 Å². The Labute approximate surface area is 115 Å². The standard InChI is InChI=1S/C13H10Cl3N/c14-10-3-1-9(2-4-10)8-17-13-7-11(15)5-6-12(13)16/h1-7,17H,8H2. The molecule has 0 aliphatic rings. The van der Waals surface area contributed by atoms with E-state index in [0.29, 0.717) is 16.6 Å². The van der Waals surface area contributed by atoms with E-state index in [1.165, 1.54) is 0 Å². The Bertz CT molecular complexity index is 509. The van der Waals surface area contributed by atoms with E-state index in [1.54, 1.807) is 18.2 Å². The smallest absolute Gasteiger partial charge is 0.0638 e. The number of hydrogen-bond donors (Lipinski definition) is 1. The fourth-order valence-corrected chi connectivity index (χ4v) is 1.91. The van der Waals surface area contributed by atoms with Crippen molar-refractivity contribution in [3.8, 4) is 0 Å². The Morgan fingerprint density at radius 1 is 0.824 bits per heavy atom. The molecule has 0 aliphatic carbocycles. The van der Waals surface area contributed by atoms with Crippen LogP contribution in [0.5, 0.6) is 0 Å². The fraction of sp³-hybridized carbons (Fsp3) is 0.0769. The van der Waals surface area contributed by atoms with Gasteiger partial charge in [0.25, 0.3) is 0 Å². The molecule has 0 heterocycles. The van der Waals surface area contributed by atoms with Crippen LogP contribution in [0.15, 0.2) is 42.5 Å². The van der Waals surface area contributed by atoms with Crippen molar-refractivity contribution in [1.29, 1.82) is 0 Å². The summed E-state index contributed by atoms with van der Waals surface area (Å²) in [5.41, 5.74) is 1.96. The summed E-state index contributed by atoms with van der Waals surface area (Å²) in [5, 5.41) is 5.28. The van der Waals surface area contributed by atoms with E-state index in [0.717, 1.165) is 16.3 Å². The number of halogens is 3. The van der Waals surface area contributed by atoms with Gasteiger partial charge in [-0.15, -0.1) is 0 Å². The monoisotopic (exact) mass is 285 g/mol. The molecule has 2 aromatic rings. The largest absolute Gasteiger partial charge is 0.380 e. The molecule has 0 aromatic heterocycles. The summed E-state index contributed by atoms with van der Waals surface area (Å²) in [4.78, 5) is 0. The van der Waals surface area contributed by atoms with Gasteiger partial charge in [-0.05, 0) is 35.9 Å². The van der Waals surface area contributed by atoms with Crippen molar-refractivity contribution in [1.82, 2.24) is 0 Å². The molecule has 0 atom stereocenters. The molecule has 88 valence electrons. The van der Waals surface area contributed by atoms with Crippen LogP contribution in [0.1, 0.15) is 5.56 Å². The summed E-state index contributed by atoms with van der Waals surface area (Å²) in [7, 11) is 0. The Morgan fingerprint density at radius 2 is 1.47 bits per heavy atom. The lowest BCUT2D eigenvalue weighted by Gasteiger charge is -2.08. The topological polar surface area (TPSA) is 12.0 Å². The van der Waals surface area contributed by atoms with Crippen LogP contribution in [0.2, 0.25) is 15.1 Å². The molecule has 1 N–H and O–H groups in total. The molecule has 0 unspecified atom stereocenters. The van der Waals surface area contributed by atoms with E-state index in [9.17, 15) is 0 Å². The van der Waals surface area contributed by atoms with Gasteiger partial charge in [0.1, 0.15) is 0 Å². The predicted molar refractivity (Wildman–Crippen MR) is 75.2 cm³/mol. The van der Waals surface area contributed by atoms with E-state index in [-0.39, 0.29) is 0 Å². The van der Waals surface area contributed by atoms with Crippen LogP contribution in [0.3, 0.4) is 0 Å². The van der Waals surface area contributed by atoms with Crippen molar-refractivity contribution >= 4 is 40.5 Å². The van der Waals surface area contributed by atoms with Crippen LogP contribution >= 0.6 is 34.8 Å². The number of benzene rings is 2. The Morgan fingerprint density at radius 3 is 2.18 bits per heavy atom. The van der Waals surface area contributed by atoms with Gasteiger partial charge in [-0.3, -0.25) is 0 Å². The van der Waals surface area contributed by atoms with Crippen LogP contribution in [0.25, 0.3) is 0 Å². The van der Waals surface area contributed by atoms with Crippen molar-refractivity contribution in [3.05, 3.63) is 63.1 Å². The molecule has 0 spiro atoms. The Hall–Kier alpha value is -0.890. The highest BCUT2D eigenvalue weighted by atomic mass is 35.5. The third kappa shape index (κ3) is 3.53. The van der Waals surface area contributed by atoms with E-state index in [4.69, 9.17) is 34.8 Å². The second-order valence-electron chi connectivity index (χ2n) is 3.60. The highest BCUT2D eigenvalue weighted by Gasteiger charge is 2.01. The fourth-order valence-electron chi connectivity index (χ4n) is 1.43. The van der Waals surface area contributed by atoms with Crippen LogP contribution < -0.4 is 5.32 Å². The molecule has 0 bridgehead atoms. The molecule has 0 saturated carbocycles. The minimum absolute atomic E-state index is 0.656. The maximum atomic E-state index is 6.05. The molecular formula is C13H10Cl3N. The van der Waals surface area contributed by atoms with Crippen molar-refractivity contribution < 1.29 is 0 Å². The molecule has 0 aliphatic heterocycles. The lowest BCUT2D eigenvalue weighted by atomic mass is 10.2. The first kappa shape index (κ1) is 12.6. The number of anilines is 1. The predicted octanol–water partition coefficient (Wildman–Crippen LogP) is 5.26. The third-order valence-corrected chi connectivity index (χ3v) is 3.14. The van der Waals surface area contributed by atoms with Gasteiger partial charge in [0.2, 0.25) is 0 Å². The van der Waals surface area contributed by atoms with Gasteiger partial charge in [0.15, 0.2) is 0 Å². The lowest BCUT2D eigenvalue weighted by molar-refractivity contribution is 1.15. The third-order valence-electron chi connectivity index (χ3n) is 2.32. The minimum Gasteiger partial charge on any atom is -0.380 e. The average molecular weight is 287 g/mol. The van der Waals surface area contributed by atoms with E-state index in [1.807, 2.05) is 24.3 Å². The van der Waals surface area contributed by atoms with Crippen LogP contribution in [0.4, 0.5) is 5.69 Å². The highest BCUT2D eigenvalue weighted by molar-refractivity contribution is 6.35. The van der Waals surface area contributed by atoms with Gasteiger partial charge in [0.05, 0.1) is 10.7 Å². The zero-order chi connectivity index (χ0) is 12.3. The number of rotatable bonds is 3. The second-order valence-corrected chi connectivity index (χ2v) is 4.88. The lowest BCUT2D eigenvalue weighted by Crippen LogP contribution is -1.99. The summed E-state index contributed by atoms with van der Waals surface area (Å²) in [6.07, 6.45) is 0. The summed E-state index contributed by atoms with van der Waals surface area (Å²) in [6, 6.07) is 13.0. The zero-order valence-electron chi connectivity index (χ0n) is 8.88. The van der Waals surface area contributed by atoms with Gasteiger partial charge >= 0.3 is 0 Å². The van der Waals surface area contributed by atoms with Crippen molar-refractivity contribution in [2.75, 3.05) is 5.32 Å². The Balaban J connectivity index is 2.07. The first-order chi connectivity index (χ1) is 8.15. The number of hydrogen-bond acceptors (Lipinski definition) is 1. The molecule has 4 heteroatoms. The maximum absolute atomic E-state index is 6.05. The molecule has 0 amide bonds. The second kappa shape index (κ2) is 5.63. The van der Waals surface area contributed by atoms with Gasteiger partial charge in [-0.2, -0.15) is 0 Å². The van der Waals surface area contributed by atoms with Crippen molar-refractivity contribution in [2.24, 2.45) is 0 Å². The quantitative estimate of drug-likeness (QED) is 0.811. The van der Waals surface area contributed by atoms with Crippen LogP contribution in [-0.4, -0.2) is 0 Å². The van der Waals surface area contributed by atoms with Gasteiger partial charge in [0, 0.05) is 16.6 Å².